The standard InChI is InChI=1S/C15H12BrClN4/c16-11-8-14(15(17)19-9-11)18-10-12-6-7-21(20-12)13-4-2-1-3-5-13/h1-9,18H,10H2. The van der Waals surface area contributed by atoms with Crippen molar-refractivity contribution in [3.63, 3.8) is 0 Å². The molecule has 0 aliphatic carbocycles. The van der Waals surface area contributed by atoms with Crippen molar-refractivity contribution in [2.24, 2.45) is 0 Å². The third-order valence-electron chi connectivity index (χ3n) is 2.93. The zero-order chi connectivity index (χ0) is 14.7. The van der Waals surface area contributed by atoms with Crippen LogP contribution in [0, 0.1) is 0 Å². The number of hydrogen-bond acceptors (Lipinski definition) is 3. The van der Waals surface area contributed by atoms with E-state index in [-0.39, 0.29) is 0 Å². The van der Waals surface area contributed by atoms with Gasteiger partial charge in [-0.3, -0.25) is 0 Å². The molecule has 0 radical (unpaired) electrons. The summed E-state index contributed by atoms with van der Waals surface area (Å²) in [6.45, 7) is 0.581. The van der Waals surface area contributed by atoms with E-state index in [2.05, 4.69) is 31.3 Å². The molecule has 0 unspecified atom stereocenters. The summed E-state index contributed by atoms with van der Waals surface area (Å²) in [5.74, 6) is 0. The Hall–Kier alpha value is -1.85. The number of nitrogens with zero attached hydrogens (tertiary/aromatic N) is 3. The van der Waals surface area contributed by atoms with Crippen molar-refractivity contribution in [3.8, 4) is 5.69 Å². The molecule has 0 spiro atoms. The molecule has 0 bridgehead atoms. The molecule has 0 saturated heterocycles. The van der Waals surface area contributed by atoms with Crippen LogP contribution in [-0.4, -0.2) is 14.8 Å². The zero-order valence-electron chi connectivity index (χ0n) is 11.0. The van der Waals surface area contributed by atoms with Gasteiger partial charge in [0.15, 0.2) is 5.15 Å². The van der Waals surface area contributed by atoms with E-state index in [1.54, 1.807) is 6.20 Å². The van der Waals surface area contributed by atoms with Crippen molar-refractivity contribution in [3.05, 3.63) is 70.2 Å². The fourth-order valence-electron chi connectivity index (χ4n) is 1.91. The fourth-order valence-corrected chi connectivity index (χ4v) is 2.41. The molecule has 0 aliphatic heterocycles. The first kappa shape index (κ1) is 14.1. The van der Waals surface area contributed by atoms with Gasteiger partial charge >= 0.3 is 0 Å². The minimum Gasteiger partial charge on any atom is -0.377 e. The highest BCUT2D eigenvalue weighted by molar-refractivity contribution is 9.10. The van der Waals surface area contributed by atoms with Gasteiger partial charge in [0.05, 0.1) is 23.6 Å². The maximum absolute atomic E-state index is 6.04. The van der Waals surface area contributed by atoms with Crippen molar-refractivity contribution < 1.29 is 0 Å². The second-order valence-corrected chi connectivity index (χ2v) is 5.71. The molecule has 21 heavy (non-hydrogen) atoms. The van der Waals surface area contributed by atoms with E-state index in [1.807, 2.05) is 53.3 Å². The quantitative estimate of drug-likeness (QED) is 0.703. The lowest BCUT2D eigenvalue weighted by Gasteiger charge is -2.06. The van der Waals surface area contributed by atoms with Crippen molar-refractivity contribution in [2.45, 2.75) is 6.54 Å². The summed E-state index contributed by atoms with van der Waals surface area (Å²) in [5.41, 5.74) is 2.74. The van der Waals surface area contributed by atoms with Gasteiger partial charge in [0.25, 0.3) is 0 Å². The van der Waals surface area contributed by atoms with Gasteiger partial charge < -0.3 is 5.32 Å². The van der Waals surface area contributed by atoms with E-state index in [0.29, 0.717) is 11.7 Å². The number of nitrogens with one attached hydrogen (secondary N) is 1. The van der Waals surface area contributed by atoms with E-state index in [0.717, 1.165) is 21.5 Å². The summed E-state index contributed by atoms with van der Waals surface area (Å²) in [6, 6.07) is 13.9. The summed E-state index contributed by atoms with van der Waals surface area (Å²) < 4.78 is 2.72. The fraction of sp³-hybridized carbons (Fsp3) is 0.0667. The molecule has 0 atom stereocenters. The summed E-state index contributed by atoms with van der Waals surface area (Å²) in [5, 5.41) is 8.21. The van der Waals surface area contributed by atoms with Crippen LogP contribution in [0.4, 0.5) is 5.69 Å². The van der Waals surface area contributed by atoms with Crippen LogP contribution in [0.15, 0.2) is 59.3 Å². The highest BCUT2D eigenvalue weighted by atomic mass is 79.9. The molecule has 3 rings (SSSR count). The Balaban J connectivity index is 1.72. The number of para-hydroxylation sites is 1. The van der Waals surface area contributed by atoms with E-state index >= 15 is 0 Å². The van der Waals surface area contributed by atoms with Crippen LogP contribution in [0.5, 0.6) is 0 Å². The molecular formula is C15H12BrClN4. The molecule has 1 aromatic carbocycles. The molecule has 6 heteroatoms. The largest absolute Gasteiger partial charge is 0.377 e. The van der Waals surface area contributed by atoms with Crippen LogP contribution in [0.1, 0.15) is 5.69 Å². The first-order chi connectivity index (χ1) is 10.2. The van der Waals surface area contributed by atoms with Gasteiger partial charge in [-0.1, -0.05) is 29.8 Å². The van der Waals surface area contributed by atoms with Crippen LogP contribution in [-0.2, 0) is 6.54 Å². The maximum Gasteiger partial charge on any atom is 0.152 e. The molecule has 106 valence electrons. The van der Waals surface area contributed by atoms with Gasteiger partial charge in [0, 0.05) is 16.9 Å². The normalized spacial score (nSPS) is 10.6. The predicted octanol–water partition coefficient (Wildman–Crippen LogP) is 4.30. The molecular weight excluding hydrogens is 352 g/mol. The van der Waals surface area contributed by atoms with Gasteiger partial charge in [-0.2, -0.15) is 5.10 Å². The number of hydrogen-bond donors (Lipinski definition) is 1. The van der Waals surface area contributed by atoms with Crippen LogP contribution < -0.4 is 5.32 Å². The SMILES string of the molecule is Clc1ncc(Br)cc1NCc1ccn(-c2ccccc2)n1. The second-order valence-electron chi connectivity index (χ2n) is 4.43. The third-order valence-corrected chi connectivity index (χ3v) is 3.67. The van der Waals surface area contributed by atoms with Crippen LogP contribution in [0.2, 0.25) is 5.15 Å². The Morgan fingerprint density at radius 2 is 2.00 bits per heavy atom. The Labute approximate surface area is 135 Å². The summed E-state index contributed by atoms with van der Waals surface area (Å²) >= 11 is 9.42. The van der Waals surface area contributed by atoms with Gasteiger partial charge in [0.1, 0.15) is 0 Å². The van der Waals surface area contributed by atoms with Crippen molar-refractivity contribution in [1.82, 2.24) is 14.8 Å². The zero-order valence-corrected chi connectivity index (χ0v) is 13.3. The highest BCUT2D eigenvalue weighted by Gasteiger charge is 2.04. The number of anilines is 1. The highest BCUT2D eigenvalue weighted by Crippen LogP contribution is 2.23. The minimum absolute atomic E-state index is 0.445. The number of pyridine rings is 1. The predicted molar refractivity (Wildman–Crippen MR) is 87.8 cm³/mol. The summed E-state index contributed by atoms with van der Waals surface area (Å²) in [6.07, 6.45) is 3.60. The number of aromatic nitrogens is 3. The topological polar surface area (TPSA) is 42.7 Å². The average molecular weight is 364 g/mol. The molecule has 0 aliphatic rings. The van der Waals surface area contributed by atoms with Crippen LogP contribution in [0.25, 0.3) is 5.69 Å². The van der Waals surface area contributed by atoms with E-state index in [1.165, 1.54) is 0 Å². The average Bonchev–Trinajstić information content (AvgIpc) is 2.98. The Bertz CT molecular complexity index is 742. The van der Waals surface area contributed by atoms with E-state index < -0.39 is 0 Å². The molecule has 4 nitrogen and oxygen atoms in total. The van der Waals surface area contributed by atoms with Gasteiger partial charge in [-0.25, -0.2) is 9.67 Å². The van der Waals surface area contributed by atoms with Crippen molar-refractivity contribution in [1.29, 1.82) is 0 Å². The van der Waals surface area contributed by atoms with Gasteiger partial charge in [-0.15, -0.1) is 0 Å². The van der Waals surface area contributed by atoms with E-state index in [4.69, 9.17) is 11.6 Å². The molecule has 2 heterocycles. The first-order valence-corrected chi connectivity index (χ1v) is 7.54. The lowest BCUT2D eigenvalue weighted by molar-refractivity contribution is 0.844. The first-order valence-electron chi connectivity index (χ1n) is 6.37. The van der Waals surface area contributed by atoms with E-state index in [9.17, 15) is 0 Å². The number of halogens is 2. The van der Waals surface area contributed by atoms with Gasteiger partial charge in [-0.05, 0) is 40.2 Å². The Morgan fingerprint density at radius 3 is 2.81 bits per heavy atom. The number of benzene rings is 1. The number of rotatable bonds is 4. The summed E-state index contributed by atoms with van der Waals surface area (Å²) in [7, 11) is 0. The monoisotopic (exact) mass is 362 g/mol. The smallest absolute Gasteiger partial charge is 0.152 e. The molecule has 1 N–H and O–H groups in total. The molecule has 0 saturated carbocycles. The maximum atomic E-state index is 6.04. The summed E-state index contributed by atoms with van der Waals surface area (Å²) in [4.78, 5) is 4.07. The molecule has 0 fully saturated rings. The molecule has 2 aromatic heterocycles. The molecule has 0 amide bonds. The minimum atomic E-state index is 0.445. The molecule has 3 aromatic rings. The van der Waals surface area contributed by atoms with Crippen LogP contribution in [0.3, 0.4) is 0 Å². The second kappa shape index (κ2) is 6.28. The van der Waals surface area contributed by atoms with Crippen LogP contribution >= 0.6 is 27.5 Å². The van der Waals surface area contributed by atoms with Crippen molar-refractivity contribution >= 4 is 33.2 Å². The lowest BCUT2D eigenvalue weighted by atomic mass is 10.3. The van der Waals surface area contributed by atoms with Gasteiger partial charge in [0.2, 0.25) is 0 Å². The Morgan fingerprint density at radius 1 is 1.19 bits per heavy atom. The third kappa shape index (κ3) is 3.43. The van der Waals surface area contributed by atoms with Crippen molar-refractivity contribution in [2.75, 3.05) is 5.32 Å². The Kier molecular flexibility index (Phi) is 4.22. The lowest BCUT2D eigenvalue weighted by Crippen LogP contribution is -2.03.